The molecule has 0 bridgehead atoms. The van der Waals surface area contributed by atoms with Gasteiger partial charge in [0.25, 0.3) is 5.91 Å². The van der Waals surface area contributed by atoms with Crippen LogP contribution in [0.3, 0.4) is 0 Å². The van der Waals surface area contributed by atoms with Crippen molar-refractivity contribution in [3.05, 3.63) is 60.2 Å². The minimum Gasteiger partial charge on any atom is -0.454 e. The van der Waals surface area contributed by atoms with Crippen molar-refractivity contribution in [1.82, 2.24) is 20.1 Å². The number of rotatable bonds is 4. The molecule has 0 spiro atoms. The van der Waals surface area contributed by atoms with Crippen LogP contribution in [0.5, 0.6) is 11.5 Å². The molecule has 126 valence electrons. The highest BCUT2D eigenvalue weighted by Crippen LogP contribution is 2.32. The molecule has 1 aliphatic rings. The molecule has 1 aromatic heterocycles. The number of fused-ring (bicyclic) bond motifs is 1. The second kappa shape index (κ2) is 6.16. The van der Waals surface area contributed by atoms with Crippen molar-refractivity contribution in [3.63, 3.8) is 0 Å². The van der Waals surface area contributed by atoms with Crippen LogP contribution in [-0.4, -0.2) is 27.5 Å². The summed E-state index contributed by atoms with van der Waals surface area (Å²) in [7, 11) is 0. The molecule has 0 aliphatic carbocycles. The topological polar surface area (TPSA) is 104 Å². The fourth-order valence-corrected chi connectivity index (χ4v) is 2.55. The van der Waals surface area contributed by atoms with E-state index in [0.29, 0.717) is 35.0 Å². The Bertz CT molecular complexity index is 924. The normalized spacial score (nSPS) is 12.2. The van der Waals surface area contributed by atoms with E-state index in [0.717, 1.165) is 5.56 Å². The first-order valence-corrected chi connectivity index (χ1v) is 7.62. The first kappa shape index (κ1) is 15.0. The lowest BCUT2D eigenvalue weighted by atomic mass is 10.1. The minimum absolute atomic E-state index is 0.219. The van der Waals surface area contributed by atoms with Gasteiger partial charge in [-0.2, -0.15) is 5.10 Å². The molecule has 1 aliphatic heterocycles. The van der Waals surface area contributed by atoms with Crippen molar-refractivity contribution < 1.29 is 14.3 Å². The molecule has 1 amide bonds. The molecular weight excluding hydrogens is 322 g/mol. The number of aromatic nitrogens is 3. The van der Waals surface area contributed by atoms with Crippen LogP contribution >= 0.6 is 0 Å². The average molecular weight is 337 g/mol. The van der Waals surface area contributed by atoms with Crippen LogP contribution in [-0.2, 0) is 6.54 Å². The van der Waals surface area contributed by atoms with Crippen molar-refractivity contribution in [2.75, 3.05) is 12.5 Å². The van der Waals surface area contributed by atoms with Gasteiger partial charge in [-0.3, -0.25) is 4.79 Å². The lowest BCUT2D eigenvalue weighted by molar-refractivity contribution is 0.0951. The molecule has 0 radical (unpaired) electrons. The number of amides is 1. The predicted molar refractivity (Wildman–Crippen MR) is 89.5 cm³/mol. The number of nitrogens with two attached hydrogens (primary N) is 1. The minimum atomic E-state index is -0.267. The summed E-state index contributed by atoms with van der Waals surface area (Å²) in [5.41, 5.74) is 8.34. The Kier molecular flexibility index (Phi) is 3.70. The largest absolute Gasteiger partial charge is 0.454 e. The van der Waals surface area contributed by atoms with Crippen LogP contribution in [0.4, 0.5) is 5.69 Å². The van der Waals surface area contributed by atoms with Crippen LogP contribution in [0, 0.1) is 0 Å². The molecule has 3 aromatic rings. The van der Waals surface area contributed by atoms with Gasteiger partial charge in [-0.15, -0.1) is 0 Å². The Balaban J connectivity index is 1.50. The van der Waals surface area contributed by atoms with E-state index in [9.17, 15) is 4.79 Å². The molecule has 8 nitrogen and oxygen atoms in total. The summed E-state index contributed by atoms with van der Waals surface area (Å²) in [6.45, 7) is 0.569. The van der Waals surface area contributed by atoms with E-state index in [-0.39, 0.29) is 12.7 Å². The number of carbonyl (C=O) groups is 1. The number of hydrogen-bond donors (Lipinski definition) is 2. The smallest absolute Gasteiger partial charge is 0.253 e. The van der Waals surface area contributed by atoms with Gasteiger partial charge in [-0.1, -0.05) is 6.07 Å². The van der Waals surface area contributed by atoms with Crippen molar-refractivity contribution in [2.24, 2.45) is 0 Å². The highest BCUT2D eigenvalue weighted by atomic mass is 16.7. The van der Waals surface area contributed by atoms with Gasteiger partial charge in [-0.25, -0.2) is 9.67 Å². The van der Waals surface area contributed by atoms with Gasteiger partial charge < -0.3 is 20.5 Å². The van der Waals surface area contributed by atoms with Crippen LogP contribution < -0.4 is 20.5 Å². The Morgan fingerprint density at radius 1 is 1.20 bits per heavy atom. The van der Waals surface area contributed by atoms with E-state index < -0.39 is 0 Å². The van der Waals surface area contributed by atoms with E-state index in [1.807, 2.05) is 18.2 Å². The molecule has 2 aromatic carbocycles. The summed E-state index contributed by atoms with van der Waals surface area (Å²) in [6, 6.07) is 10.7. The summed E-state index contributed by atoms with van der Waals surface area (Å²) in [4.78, 5) is 16.4. The Morgan fingerprint density at radius 3 is 2.92 bits per heavy atom. The van der Waals surface area contributed by atoms with E-state index in [2.05, 4.69) is 15.4 Å². The van der Waals surface area contributed by atoms with Crippen LogP contribution in [0.25, 0.3) is 5.69 Å². The van der Waals surface area contributed by atoms with Gasteiger partial charge >= 0.3 is 0 Å². The highest BCUT2D eigenvalue weighted by Gasteiger charge is 2.15. The van der Waals surface area contributed by atoms with E-state index in [4.69, 9.17) is 15.2 Å². The summed E-state index contributed by atoms with van der Waals surface area (Å²) < 4.78 is 12.2. The third-order valence-corrected chi connectivity index (χ3v) is 3.85. The van der Waals surface area contributed by atoms with Crippen molar-refractivity contribution in [2.45, 2.75) is 6.54 Å². The standard InChI is InChI=1S/C17H15N5O3/c18-14-3-2-12(22-9-19-8-21-22)6-13(14)17(23)20-7-11-1-4-15-16(5-11)25-10-24-15/h1-6,8-9H,7,10,18H2,(H,20,23). The predicted octanol–water partition coefficient (Wildman–Crippen LogP) is 1.51. The maximum atomic E-state index is 12.5. The zero-order valence-corrected chi connectivity index (χ0v) is 13.2. The Hall–Kier alpha value is -3.55. The first-order valence-electron chi connectivity index (χ1n) is 7.62. The molecule has 0 fully saturated rings. The third kappa shape index (κ3) is 2.97. The summed E-state index contributed by atoms with van der Waals surface area (Å²) in [6.07, 6.45) is 2.98. The second-order valence-electron chi connectivity index (χ2n) is 5.48. The van der Waals surface area contributed by atoms with Gasteiger partial charge in [0.05, 0.1) is 11.3 Å². The van der Waals surface area contributed by atoms with E-state index in [1.54, 1.807) is 29.2 Å². The van der Waals surface area contributed by atoms with Gasteiger partial charge in [0.15, 0.2) is 11.5 Å². The number of nitrogens with one attached hydrogen (secondary N) is 1. The van der Waals surface area contributed by atoms with Crippen molar-refractivity contribution in [1.29, 1.82) is 0 Å². The number of carbonyl (C=O) groups excluding carboxylic acids is 1. The molecule has 2 heterocycles. The van der Waals surface area contributed by atoms with Crippen LogP contribution in [0.1, 0.15) is 15.9 Å². The molecule has 0 atom stereocenters. The zero-order chi connectivity index (χ0) is 17.2. The second-order valence-corrected chi connectivity index (χ2v) is 5.48. The number of hydrogen-bond acceptors (Lipinski definition) is 6. The lowest BCUT2D eigenvalue weighted by Crippen LogP contribution is -2.24. The van der Waals surface area contributed by atoms with Gasteiger partial charge in [0, 0.05) is 12.2 Å². The van der Waals surface area contributed by atoms with Gasteiger partial charge in [0.1, 0.15) is 12.7 Å². The third-order valence-electron chi connectivity index (χ3n) is 3.85. The molecule has 0 unspecified atom stereocenters. The summed E-state index contributed by atoms with van der Waals surface area (Å²) in [5, 5.41) is 6.91. The average Bonchev–Trinajstić information content (AvgIpc) is 3.31. The zero-order valence-electron chi connectivity index (χ0n) is 13.2. The number of anilines is 1. The van der Waals surface area contributed by atoms with Crippen LogP contribution in [0.15, 0.2) is 49.1 Å². The molecule has 8 heteroatoms. The molecular formula is C17H15N5O3. The fraction of sp³-hybridized carbons (Fsp3) is 0.118. The van der Waals surface area contributed by atoms with Gasteiger partial charge in [0.2, 0.25) is 6.79 Å². The number of ether oxygens (including phenoxy) is 2. The Labute approximate surface area is 143 Å². The van der Waals surface area contributed by atoms with E-state index in [1.165, 1.54) is 6.33 Å². The maximum Gasteiger partial charge on any atom is 0.253 e. The van der Waals surface area contributed by atoms with E-state index >= 15 is 0 Å². The molecule has 4 rings (SSSR count). The molecule has 0 saturated heterocycles. The SMILES string of the molecule is Nc1ccc(-n2cncn2)cc1C(=O)NCc1ccc2c(c1)OCO2. The monoisotopic (exact) mass is 337 g/mol. The fourth-order valence-electron chi connectivity index (χ4n) is 2.55. The van der Waals surface area contributed by atoms with Crippen LogP contribution in [0.2, 0.25) is 0 Å². The Morgan fingerprint density at radius 2 is 2.08 bits per heavy atom. The quantitative estimate of drug-likeness (QED) is 0.699. The molecule has 0 saturated carbocycles. The molecule has 25 heavy (non-hydrogen) atoms. The van der Waals surface area contributed by atoms with Crippen molar-refractivity contribution >= 4 is 11.6 Å². The number of nitrogens with zero attached hydrogens (tertiary/aromatic N) is 3. The maximum absolute atomic E-state index is 12.5. The number of benzene rings is 2. The molecule has 3 N–H and O–H groups in total. The first-order chi connectivity index (χ1) is 12.2. The lowest BCUT2D eigenvalue weighted by Gasteiger charge is -2.10. The van der Waals surface area contributed by atoms with Gasteiger partial charge in [-0.05, 0) is 35.9 Å². The summed E-state index contributed by atoms with van der Waals surface area (Å²) in [5.74, 6) is 1.12. The highest BCUT2D eigenvalue weighted by molar-refractivity contribution is 5.99. The van der Waals surface area contributed by atoms with Crippen molar-refractivity contribution in [3.8, 4) is 17.2 Å². The summed E-state index contributed by atoms with van der Waals surface area (Å²) >= 11 is 0. The number of nitrogen functional groups attached to an aromatic ring is 1.